The van der Waals surface area contributed by atoms with E-state index in [1.165, 1.54) is 11.1 Å². The third-order valence-corrected chi connectivity index (χ3v) is 3.65. The quantitative estimate of drug-likeness (QED) is 0.637. The Labute approximate surface area is 147 Å². The number of benzene rings is 2. The summed E-state index contributed by atoms with van der Waals surface area (Å²) in [6.07, 6.45) is 1.63. The van der Waals surface area contributed by atoms with Gasteiger partial charge in [0.1, 0.15) is 5.82 Å². The average Bonchev–Trinajstić information content (AvgIpc) is 2.63. The van der Waals surface area contributed by atoms with Crippen LogP contribution in [0, 0.1) is 6.92 Å². The van der Waals surface area contributed by atoms with Gasteiger partial charge in [0, 0.05) is 12.2 Å². The number of aryl methyl sites for hydroxylation is 1. The maximum absolute atomic E-state index is 11.9. The Morgan fingerprint density at radius 3 is 2.28 bits per heavy atom. The summed E-state index contributed by atoms with van der Waals surface area (Å²) in [7, 11) is 0. The number of amides is 2. The van der Waals surface area contributed by atoms with E-state index >= 15 is 0 Å². The highest BCUT2D eigenvalue weighted by Crippen LogP contribution is 2.12. The Kier molecular flexibility index (Phi) is 5.26. The third-order valence-electron chi connectivity index (χ3n) is 3.65. The number of pyridine rings is 1. The van der Waals surface area contributed by atoms with Gasteiger partial charge in [0.25, 0.3) is 0 Å². The van der Waals surface area contributed by atoms with Crippen LogP contribution in [0.25, 0.3) is 0 Å². The fourth-order valence-corrected chi connectivity index (χ4v) is 2.29. The van der Waals surface area contributed by atoms with Crippen molar-refractivity contribution >= 4 is 23.2 Å². The van der Waals surface area contributed by atoms with Crippen LogP contribution in [-0.2, 0) is 6.54 Å². The van der Waals surface area contributed by atoms with Gasteiger partial charge in [-0.3, -0.25) is 0 Å². The molecule has 0 radical (unpaired) electrons. The van der Waals surface area contributed by atoms with E-state index in [-0.39, 0.29) is 6.03 Å². The fourth-order valence-electron chi connectivity index (χ4n) is 2.29. The van der Waals surface area contributed by atoms with Crippen molar-refractivity contribution in [2.75, 3.05) is 16.0 Å². The van der Waals surface area contributed by atoms with Crippen molar-refractivity contribution in [3.05, 3.63) is 84.1 Å². The van der Waals surface area contributed by atoms with E-state index < -0.39 is 0 Å². The molecule has 0 saturated carbocycles. The topological polar surface area (TPSA) is 66.0 Å². The molecule has 0 spiro atoms. The second-order valence-electron chi connectivity index (χ2n) is 5.72. The molecule has 0 aliphatic carbocycles. The molecular weight excluding hydrogens is 312 g/mol. The monoisotopic (exact) mass is 332 g/mol. The lowest BCUT2D eigenvalue weighted by Crippen LogP contribution is -2.19. The number of hydrogen-bond acceptors (Lipinski definition) is 3. The van der Waals surface area contributed by atoms with Crippen molar-refractivity contribution < 1.29 is 4.79 Å². The lowest BCUT2D eigenvalue weighted by atomic mass is 10.1. The molecule has 0 saturated heterocycles. The van der Waals surface area contributed by atoms with Gasteiger partial charge < -0.3 is 16.0 Å². The number of nitrogens with zero attached hydrogens (tertiary/aromatic N) is 1. The smallest absolute Gasteiger partial charge is 0.323 e. The normalized spacial score (nSPS) is 10.1. The van der Waals surface area contributed by atoms with Crippen molar-refractivity contribution in [3.8, 4) is 0 Å². The van der Waals surface area contributed by atoms with Crippen LogP contribution in [0.4, 0.5) is 22.0 Å². The molecule has 0 fully saturated rings. The van der Waals surface area contributed by atoms with Crippen LogP contribution in [0.15, 0.2) is 72.9 Å². The van der Waals surface area contributed by atoms with E-state index in [1.54, 1.807) is 6.20 Å². The summed E-state index contributed by atoms with van der Waals surface area (Å²) in [5.41, 5.74) is 3.81. The maximum atomic E-state index is 11.9. The van der Waals surface area contributed by atoms with Gasteiger partial charge in [0.15, 0.2) is 0 Å². The van der Waals surface area contributed by atoms with Crippen LogP contribution in [0.3, 0.4) is 0 Å². The van der Waals surface area contributed by atoms with Crippen LogP contribution >= 0.6 is 0 Å². The zero-order valence-corrected chi connectivity index (χ0v) is 14.0. The number of para-hydroxylation sites is 1. The van der Waals surface area contributed by atoms with Crippen molar-refractivity contribution in [2.24, 2.45) is 0 Å². The van der Waals surface area contributed by atoms with Gasteiger partial charge in [-0.15, -0.1) is 0 Å². The number of nitrogens with one attached hydrogen (secondary N) is 3. The first-order valence-corrected chi connectivity index (χ1v) is 8.07. The number of aromatic nitrogens is 1. The fraction of sp³-hybridized carbons (Fsp3) is 0.100. The lowest BCUT2D eigenvalue weighted by Gasteiger charge is -2.09. The number of hydrogen-bond donors (Lipinski definition) is 3. The van der Waals surface area contributed by atoms with Gasteiger partial charge in [-0.1, -0.05) is 48.0 Å². The molecule has 0 unspecified atom stereocenters. The van der Waals surface area contributed by atoms with Gasteiger partial charge in [-0.2, -0.15) is 0 Å². The van der Waals surface area contributed by atoms with Gasteiger partial charge >= 0.3 is 6.03 Å². The number of urea groups is 1. The summed E-state index contributed by atoms with van der Waals surface area (Å²) >= 11 is 0. The molecule has 5 nitrogen and oxygen atoms in total. The summed E-state index contributed by atoms with van der Waals surface area (Å²) < 4.78 is 0. The van der Waals surface area contributed by atoms with Gasteiger partial charge in [-0.05, 0) is 36.8 Å². The second-order valence-corrected chi connectivity index (χ2v) is 5.72. The SMILES string of the molecule is Cc1ccc(CNc2ccc(NC(=O)Nc3ccccc3)cn2)cc1. The first-order valence-electron chi connectivity index (χ1n) is 8.07. The summed E-state index contributed by atoms with van der Waals surface area (Å²) in [6.45, 7) is 2.77. The zero-order valence-electron chi connectivity index (χ0n) is 14.0. The largest absolute Gasteiger partial charge is 0.366 e. The predicted octanol–water partition coefficient (Wildman–Crippen LogP) is 4.65. The molecule has 0 aliphatic rings. The van der Waals surface area contributed by atoms with Crippen LogP contribution in [0.2, 0.25) is 0 Å². The Balaban J connectivity index is 1.51. The van der Waals surface area contributed by atoms with Crippen LogP contribution in [0.1, 0.15) is 11.1 Å². The van der Waals surface area contributed by atoms with Crippen LogP contribution in [-0.4, -0.2) is 11.0 Å². The Morgan fingerprint density at radius 1 is 0.880 bits per heavy atom. The molecule has 3 rings (SSSR count). The highest BCUT2D eigenvalue weighted by molar-refractivity contribution is 5.99. The predicted molar refractivity (Wildman–Crippen MR) is 102 cm³/mol. The molecule has 2 amide bonds. The molecule has 25 heavy (non-hydrogen) atoms. The second kappa shape index (κ2) is 7.97. The van der Waals surface area contributed by atoms with Crippen molar-refractivity contribution in [3.63, 3.8) is 0 Å². The van der Waals surface area contributed by atoms with E-state index in [9.17, 15) is 4.79 Å². The number of rotatable bonds is 5. The van der Waals surface area contributed by atoms with E-state index in [1.807, 2.05) is 42.5 Å². The molecule has 3 N–H and O–H groups in total. The molecule has 126 valence electrons. The highest BCUT2D eigenvalue weighted by Gasteiger charge is 2.03. The standard InChI is InChI=1S/C20H20N4O/c1-15-7-9-16(10-8-15)13-21-19-12-11-18(14-22-19)24-20(25)23-17-5-3-2-4-6-17/h2-12,14H,13H2,1H3,(H,21,22)(H2,23,24,25). The van der Waals surface area contributed by atoms with Crippen LogP contribution in [0.5, 0.6) is 0 Å². The van der Waals surface area contributed by atoms with Crippen molar-refractivity contribution in [1.82, 2.24) is 4.98 Å². The third kappa shape index (κ3) is 5.07. The molecule has 0 aliphatic heterocycles. The number of carbonyl (C=O) groups excluding carboxylic acids is 1. The molecule has 1 aromatic heterocycles. The first kappa shape index (κ1) is 16.5. The summed E-state index contributed by atoms with van der Waals surface area (Å²) in [5.74, 6) is 0.759. The van der Waals surface area contributed by atoms with E-state index in [0.29, 0.717) is 12.2 Å². The molecule has 5 heteroatoms. The van der Waals surface area contributed by atoms with Crippen LogP contribution < -0.4 is 16.0 Å². The van der Waals surface area contributed by atoms with E-state index in [0.717, 1.165) is 11.5 Å². The first-order chi connectivity index (χ1) is 12.2. The molecule has 0 bridgehead atoms. The van der Waals surface area contributed by atoms with Gasteiger partial charge in [0.05, 0.1) is 11.9 Å². The Bertz CT molecular complexity index is 815. The minimum atomic E-state index is -0.298. The molecule has 1 heterocycles. The minimum absolute atomic E-state index is 0.298. The molecular formula is C20H20N4O. The van der Waals surface area contributed by atoms with Crippen molar-refractivity contribution in [2.45, 2.75) is 13.5 Å². The summed E-state index contributed by atoms with van der Waals surface area (Å²) in [5, 5.41) is 8.78. The lowest BCUT2D eigenvalue weighted by molar-refractivity contribution is 0.262. The maximum Gasteiger partial charge on any atom is 0.323 e. The van der Waals surface area contributed by atoms with Gasteiger partial charge in [0.2, 0.25) is 0 Å². The Morgan fingerprint density at radius 2 is 1.60 bits per heavy atom. The highest BCUT2D eigenvalue weighted by atomic mass is 16.2. The van der Waals surface area contributed by atoms with E-state index in [2.05, 4.69) is 52.1 Å². The van der Waals surface area contributed by atoms with Gasteiger partial charge in [-0.25, -0.2) is 9.78 Å². The number of anilines is 3. The zero-order chi connectivity index (χ0) is 17.5. The Hall–Kier alpha value is -3.34. The van der Waals surface area contributed by atoms with E-state index in [4.69, 9.17) is 0 Å². The number of carbonyl (C=O) groups is 1. The average molecular weight is 332 g/mol. The molecule has 2 aromatic carbocycles. The molecule has 3 aromatic rings. The molecule has 0 atom stereocenters. The minimum Gasteiger partial charge on any atom is -0.366 e. The summed E-state index contributed by atoms with van der Waals surface area (Å²) in [6, 6.07) is 21.0. The summed E-state index contributed by atoms with van der Waals surface area (Å²) in [4.78, 5) is 16.3. The van der Waals surface area contributed by atoms with Crippen molar-refractivity contribution in [1.29, 1.82) is 0 Å².